The van der Waals surface area contributed by atoms with Crippen molar-refractivity contribution in [2.45, 2.75) is 56.7 Å². The topological polar surface area (TPSA) is 74.7 Å². The Morgan fingerprint density at radius 1 is 1.36 bits per heavy atom. The molecule has 3 heterocycles. The summed E-state index contributed by atoms with van der Waals surface area (Å²) in [5.41, 5.74) is -0.219. The monoisotopic (exact) mass is 347 g/mol. The molecule has 0 unspecified atom stereocenters. The van der Waals surface area contributed by atoms with Crippen LogP contribution < -0.4 is 5.32 Å². The molecule has 6 heteroatoms. The van der Waals surface area contributed by atoms with E-state index in [2.05, 4.69) is 10.3 Å². The van der Waals surface area contributed by atoms with Crippen LogP contribution in [0.5, 0.6) is 0 Å². The lowest BCUT2D eigenvalue weighted by atomic mass is 9.88. The van der Waals surface area contributed by atoms with Crippen LogP contribution in [-0.2, 0) is 10.3 Å². The van der Waals surface area contributed by atoms with Gasteiger partial charge in [-0.3, -0.25) is 4.98 Å². The average Bonchev–Trinajstić information content (AvgIpc) is 3.16. The van der Waals surface area contributed by atoms with Gasteiger partial charge in [-0.05, 0) is 57.1 Å². The SMILES string of the molecule is O=C(NCCCC[C@@H]1CCCO1)N1CCC(O)(c2ccccn2)CC1. The molecular formula is C19H29N3O3. The highest BCUT2D eigenvalue weighted by Crippen LogP contribution is 2.31. The van der Waals surface area contributed by atoms with Gasteiger partial charge in [-0.25, -0.2) is 4.79 Å². The van der Waals surface area contributed by atoms with Crippen molar-refractivity contribution < 1.29 is 14.6 Å². The van der Waals surface area contributed by atoms with Crippen LogP contribution in [0.4, 0.5) is 4.79 Å². The van der Waals surface area contributed by atoms with E-state index >= 15 is 0 Å². The largest absolute Gasteiger partial charge is 0.383 e. The Hall–Kier alpha value is -1.66. The van der Waals surface area contributed by atoms with Crippen LogP contribution in [0.25, 0.3) is 0 Å². The summed E-state index contributed by atoms with van der Waals surface area (Å²) in [6.07, 6.45) is 8.71. The molecule has 0 radical (unpaired) electrons. The Morgan fingerprint density at radius 2 is 2.20 bits per heavy atom. The van der Waals surface area contributed by atoms with E-state index < -0.39 is 5.60 Å². The van der Waals surface area contributed by atoms with Gasteiger partial charge in [0.05, 0.1) is 11.8 Å². The number of ether oxygens (including phenoxy) is 1. The molecule has 2 fully saturated rings. The van der Waals surface area contributed by atoms with Gasteiger partial charge in [0.2, 0.25) is 0 Å². The fraction of sp³-hybridized carbons (Fsp3) is 0.684. The molecule has 1 aromatic heterocycles. The minimum absolute atomic E-state index is 0.0276. The van der Waals surface area contributed by atoms with Crippen LogP contribution in [0, 0.1) is 0 Å². The molecule has 2 aliphatic heterocycles. The van der Waals surface area contributed by atoms with Gasteiger partial charge in [-0.1, -0.05) is 6.07 Å². The highest BCUT2D eigenvalue weighted by molar-refractivity contribution is 5.74. The van der Waals surface area contributed by atoms with Crippen molar-refractivity contribution in [2.24, 2.45) is 0 Å². The summed E-state index contributed by atoms with van der Waals surface area (Å²) in [6.45, 7) is 2.71. The first-order valence-electron chi connectivity index (χ1n) is 9.46. The van der Waals surface area contributed by atoms with Gasteiger partial charge in [0.25, 0.3) is 0 Å². The number of carbonyl (C=O) groups is 1. The minimum atomic E-state index is -0.917. The molecule has 0 bridgehead atoms. The lowest BCUT2D eigenvalue weighted by molar-refractivity contribution is -0.0203. The smallest absolute Gasteiger partial charge is 0.317 e. The number of pyridine rings is 1. The third-order valence-electron chi connectivity index (χ3n) is 5.27. The number of hydrogen-bond acceptors (Lipinski definition) is 4. The second-order valence-corrected chi connectivity index (χ2v) is 7.10. The van der Waals surface area contributed by atoms with Gasteiger partial charge < -0.3 is 20.1 Å². The van der Waals surface area contributed by atoms with E-state index in [9.17, 15) is 9.90 Å². The van der Waals surface area contributed by atoms with Crippen LogP contribution >= 0.6 is 0 Å². The number of hydrogen-bond donors (Lipinski definition) is 2. The van der Waals surface area contributed by atoms with Gasteiger partial charge in [-0.2, -0.15) is 0 Å². The predicted molar refractivity (Wildman–Crippen MR) is 95.2 cm³/mol. The summed E-state index contributed by atoms with van der Waals surface area (Å²) >= 11 is 0. The molecular weight excluding hydrogens is 318 g/mol. The number of nitrogens with one attached hydrogen (secondary N) is 1. The number of aromatic nitrogens is 1. The van der Waals surface area contributed by atoms with E-state index in [4.69, 9.17) is 4.74 Å². The zero-order valence-corrected chi connectivity index (χ0v) is 14.8. The highest BCUT2D eigenvalue weighted by atomic mass is 16.5. The summed E-state index contributed by atoms with van der Waals surface area (Å²) in [5.74, 6) is 0. The van der Waals surface area contributed by atoms with Crippen LogP contribution in [0.1, 0.15) is 50.6 Å². The average molecular weight is 347 g/mol. The van der Waals surface area contributed by atoms with Crippen LogP contribution in [0.2, 0.25) is 0 Å². The van der Waals surface area contributed by atoms with Crippen molar-refractivity contribution in [1.82, 2.24) is 15.2 Å². The molecule has 0 aromatic carbocycles. The molecule has 6 nitrogen and oxygen atoms in total. The summed E-state index contributed by atoms with van der Waals surface area (Å²) in [6, 6.07) is 5.55. The molecule has 0 aliphatic carbocycles. The van der Waals surface area contributed by atoms with E-state index in [0.29, 0.717) is 44.3 Å². The number of unbranched alkanes of at least 4 members (excludes halogenated alkanes) is 1. The van der Waals surface area contributed by atoms with Gasteiger partial charge in [0.1, 0.15) is 5.60 Å². The maximum Gasteiger partial charge on any atom is 0.317 e. The molecule has 0 spiro atoms. The molecule has 2 amide bonds. The second kappa shape index (κ2) is 8.63. The maximum atomic E-state index is 12.3. The van der Waals surface area contributed by atoms with Gasteiger partial charge in [0.15, 0.2) is 0 Å². The Labute approximate surface area is 149 Å². The standard InChI is InChI=1S/C19H29N3O3/c23-18(21-12-3-1-6-16-7-5-15-25-16)22-13-9-19(24,10-14-22)17-8-2-4-11-20-17/h2,4,8,11,16,24H,1,3,5-7,9-10,12-15H2,(H,21,23)/t16-/m1/s1. The molecule has 2 saturated heterocycles. The van der Waals surface area contributed by atoms with Gasteiger partial charge in [-0.15, -0.1) is 0 Å². The number of likely N-dealkylation sites (tertiary alicyclic amines) is 1. The lowest BCUT2D eigenvalue weighted by Crippen LogP contribution is -2.49. The fourth-order valence-corrected chi connectivity index (χ4v) is 3.65. The van der Waals surface area contributed by atoms with Crippen molar-refractivity contribution in [1.29, 1.82) is 0 Å². The minimum Gasteiger partial charge on any atom is -0.383 e. The van der Waals surface area contributed by atoms with Crippen molar-refractivity contribution in [2.75, 3.05) is 26.2 Å². The molecule has 0 saturated carbocycles. The lowest BCUT2D eigenvalue weighted by Gasteiger charge is -2.37. The van der Waals surface area contributed by atoms with Crippen molar-refractivity contribution in [3.05, 3.63) is 30.1 Å². The van der Waals surface area contributed by atoms with E-state index in [1.54, 1.807) is 11.1 Å². The molecule has 3 rings (SSSR count). The summed E-state index contributed by atoms with van der Waals surface area (Å²) in [7, 11) is 0. The van der Waals surface area contributed by atoms with E-state index in [1.165, 1.54) is 12.8 Å². The first kappa shape index (κ1) is 18.1. The first-order chi connectivity index (χ1) is 12.2. The maximum absolute atomic E-state index is 12.3. The van der Waals surface area contributed by atoms with E-state index in [1.807, 2.05) is 18.2 Å². The van der Waals surface area contributed by atoms with E-state index in [0.717, 1.165) is 25.9 Å². The zero-order valence-electron chi connectivity index (χ0n) is 14.8. The normalized spacial score (nSPS) is 22.8. The Bertz CT molecular complexity index is 538. The van der Waals surface area contributed by atoms with Gasteiger partial charge >= 0.3 is 6.03 Å². The number of aliphatic hydroxyl groups is 1. The molecule has 138 valence electrons. The van der Waals surface area contributed by atoms with Crippen LogP contribution in [0.15, 0.2) is 24.4 Å². The zero-order chi connectivity index (χ0) is 17.5. The van der Waals surface area contributed by atoms with Crippen LogP contribution in [0.3, 0.4) is 0 Å². The third-order valence-corrected chi connectivity index (χ3v) is 5.27. The highest BCUT2D eigenvalue weighted by Gasteiger charge is 2.36. The number of nitrogens with zero attached hydrogens (tertiary/aromatic N) is 2. The predicted octanol–water partition coefficient (Wildman–Crippen LogP) is 2.42. The quantitative estimate of drug-likeness (QED) is 0.775. The summed E-state index contributed by atoms with van der Waals surface area (Å²) < 4.78 is 5.61. The summed E-state index contributed by atoms with van der Waals surface area (Å²) in [4.78, 5) is 18.3. The third kappa shape index (κ3) is 4.92. The molecule has 1 aromatic rings. The Morgan fingerprint density at radius 3 is 2.88 bits per heavy atom. The molecule has 25 heavy (non-hydrogen) atoms. The molecule has 2 N–H and O–H groups in total. The van der Waals surface area contributed by atoms with Crippen molar-refractivity contribution in [3.8, 4) is 0 Å². The van der Waals surface area contributed by atoms with E-state index in [-0.39, 0.29) is 6.03 Å². The second-order valence-electron chi connectivity index (χ2n) is 7.10. The number of amides is 2. The van der Waals surface area contributed by atoms with Gasteiger partial charge in [0, 0.05) is 32.4 Å². The number of carbonyl (C=O) groups excluding carboxylic acids is 1. The summed E-state index contributed by atoms with van der Waals surface area (Å²) in [5, 5.41) is 13.8. The number of piperidine rings is 1. The first-order valence-corrected chi connectivity index (χ1v) is 9.46. The molecule has 2 aliphatic rings. The molecule has 1 atom stereocenters. The fourth-order valence-electron chi connectivity index (χ4n) is 3.65. The Balaban J connectivity index is 1.34. The number of urea groups is 1. The number of rotatable bonds is 6. The van der Waals surface area contributed by atoms with Crippen molar-refractivity contribution in [3.63, 3.8) is 0 Å². The van der Waals surface area contributed by atoms with Crippen LogP contribution in [-0.4, -0.2) is 53.4 Å². The Kier molecular flexibility index (Phi) is 6.26. The van der Waals surface area contributed by atoms with Crippen molar-refractivity contribution >= 4 is 6.03 Å².